The molecule has 1 saturated carbocycles. The molecule has 0 aliphatic heterocycles. The van der Waals surface area contributed by atoms with Crippen molar-refractivity contribution in [3.8, 4) is 5.75 Å². The zero-order chi connectivity index (χ0) is 13.9. The monoisotopic (exact) mass is 270 g/mol. The number of hydrogen-bond acceptors (Lipinski definition) is 1. The Labute approximate surface area is 122 Å². The molecule has 1 N–H and O–H groups in total. The van der Waals surface area contributed by atoms with Crippen molar-refractivity contribution in [2.24, 2.45) is 0 Å². The Morgan fingerprint density at radius 3 is 2.50 bits per heavy atom. The highest BCUT2D eigenvalue weighted by Crippen LogP contribution is 2.40. The highest BCUT2D eigenvalue weighted by atomic mass is 16.3. The van der Waals surface area contributed by atoms with E-state index in [1.54, 1.807) is 0 Å². The second-order valence-corrected chi connectivity index (χ2v) is 6.54. The largest absolute Gasteiger partial charge is 0.508 e. The lowest BCUT2D eigenvalue weighted by Crippen LogP contribution is -2.06. The molecule has 108 valence electrons. The molecule has 1 nitrogen and oxygen atoms in total. The van der Waals surface area contributed by atoms with Gasteiger partial charge >= 0.3 is 0 Å². The molecule has 0 saturated heterocycles. The van der Waals surface area contributed by atoms with Crippen molar-refractivity contribution in [2.75, 3.05) is 0 Å². The molecule has 20 heavy (non-hydrogen) atoms. The van der Waals surface area contributed by atoms with Crippen LogP contribution in [0.5, 0.6) is 5.75 Å². The second kappa shape index (κ2) is 6.03. The molecule has 0 unspecified atom stereocenters. The summed E-state index contributed by atoms with van der Waals surface area (Å²) in [7, 11) is 0. The number of hydrogen-bond donors (Lipinski definition) is 1. The van der Waals surface area contributed by atoms with Crippen LogP contribution < -0.4 is 0 Å². The molecule has 1 aromatic carbocycles. The summed E-state index contributed by atoms with van der Waals surface area (Å²) in [6.45, 7) is 2.13. The van der Waals surface area contributed by atoms with E-state index in [-0.39, 0.29) is 0 Å². The molecule has 0 bridgehead atoms. The molecule has 0 spiro atoms. The fourth-order valence-electron chi connectivity index (χ4n) is 3.88. The summed E-state index contributed by atoms with van der Waals surface area (Å²) in [6, 6.07) is 4.30. The lowest BCUT2D eigenvalue weighted by molar-refractivity contribution is 0.414. The summed E-state index contributed by atoms with van der Waals surface area (Å²) in [5, 5.41) is 10.3. The van der Waals surface area contributed by atoms with Crippen LogP contribution in [0.3, 0.4) is 0 Å². The summed E-state index contributed by atoms with van der Waals surface area (Å²) in [6.07, 6.45) is 14.0. The maximum Gasteiger partial charge on any atom is 0.119 e. The summed E-state index contributed by atoms with van der Waals surface area (Å²) < 4.78 is 0. The molecule has 2 aliphatic carbocycles. The van der Waals surface area contributed by atoms with Gasteiger partial charge in [-0.1, -0.05) is 25.3 Å². The Balaban J connectivity index is 1.96. The van der Waals surface area contributed by atoms with E-state index in [4.69, 9.17) is 0 Å². The second-order valence-electron chi connectivity index (χ2n) is 6.54. The van der Waals surface area contributed by atoms with Crippen molar-refractivity contribution in [2.45, 2.75) is 70.6 Å². The van der Waals surface area contributed by atoms with Gasteiger partial charge in [-0.3, -0.25) is 0 Å². The lowest BCUT2D eigenvalue weighted by Gasteiger charge is -2.25. The van der Waals surface area contributed by atoms with Crippen LogP contribution in [-0.2, 0) is 0 Å². The number of aryl methyl sites for hydroxylation is 1. The van der Waals surface area contributed by atoms with Crippen LogP contribution in [0.4, 0.5) is 0 Å². The Morgan fingerprint density at radius 1 is 1.00 bits per heavy atom. The molecule has 0 atom stereocenters. The minimum absolute atomic E-state index is 0.523. The van der Waals surface area contributed by atoms with Gasteiger partial charge in [-0.25, -0.2) is 0 Å². The summed E-state index contributed by atoms with van der Waals surface area (Å²) in [4.78, 5) is 0. The average Bonchev–Trinajstić information content (AvgIpc) is 2.49. The van der Waals surface area contributed by atoms with Gasteiger partial charge in [-0.15, -0.1) is 0 Å². The predicted molar refractivity (Wildman–Crippen MR) is 85.1 cm³/mol. The van der Waals surface area contributed by atoms with Crippen LogP contribution >= 0.6 is 0 Å². The topological polar surface area (TPSA) is 20.2 Å². The third-order valence-electron chi connectivity index (χ3n) is 5.06. The zero-order valence-electron chi connectivity index (χ0n) is 12.6. The van der Waals surface area contributed by atoms with Crippen LogP contribution in [-0.4, -0.2) is 5.11 Å². The van der Waals surface area contributed by atoms with E-state index in [1.165, 1.54) is 80.1 Å². The van der Waals surface area contributed by atoms with Crippen LogP contribution in [0.2, 0.25) is 0 Å². The Hall–Kier alpha value is -1.24. The van der Waals surface area contributed by atoms with Crippen molar-refractivity contribution in [3.63, 3.8) is 0 Å². The summed E-state index contributed by atoms with van der Waals surface area (Å²) in [5.74, 6) is 1.10. The van der Waals surface area contributed by atoms with Gasteiger partial charge in [0.15, 0.2) is 0 Å². The lowest BCUT2D eigenvalue weighted by atomic mass is 9.81. The van der Waals surface area contributed by atoms with Crippen LogP contribution in [0.1, 0.15) is 80.4 Å². The van der Waals surface area contributed by atoms with Crippen molar-refractivity contribution < 1.29 is 5.11 Å². The highest BCUT2D eigenvalue weighted by Gasteiger charge is 2.20. The molecular formula is C19H26O. The quantitative estimate of drug-likeness (QED) is 0.730. The van der Waals surface area contributed by atoms with E-state index in [0.29, 0.717) is 11.7 Å². The van der Waals surface area contributed by atoms with Crippen LogP contribution in [0.15, 0.2) is 18.2 Å². The van der Waals surface area contributed by atoms with Crippen LogP contribution in [0.25, 0.3) is 5.57 Å². The number of phenols is 1. The molecular weight excluding hydrogens is 244 g/mol. The number of benzene rings is 1. The minimum Gasteiger partial charge on any atom is -0.508 e. The molecule has 0 radical (unpaired) electrons. The van der Waals surface area contributed by atoms with Gasteiger partial charge in [-0.2, -0.15) is 0 Å². The van der Waals surface area contributed by atoms with E-state index >= 15 is 0 Å². The Bertz CT molecular complexity index is 507. The average molecular weight is 270 g/mol. The zero-order valence-corrected chi connectivity index (χ0v) is 12.6. The molecule has 0 heterocycles. The van der Waals surface area contributed by atoms with Gasteiger partial charge < -0.3 is 5.11 Å². The van der Waals surface area contributed by atoms with Crippen molar-refractivity contribution in [1.82, 2.24) is 0 Å². The van der Waals surface area contributed by atoms with Crippen molar-refractivity contribution in [3.05, 3.63) is 34.9 Å². The van der Waals surface area contributed by atoms with E-state index < -0.39 is 0 Å². The first-order chi connectivity index (χ1) is 9.75. The highest BCUT2D eigenvalue weighted by molar-refractivity contribution is 5.70. The first-order valence-electron chi connectivity index (χ1n) is 8.28. The summed E-state index contributed by atoms with van der Waals surface area (Å²) in [5.41, 5.74) is 5.33. The molecule has 0 amide bonds. The third-order valence-corrected chi connectivity index (χ3v) is 5.06. The van der Waals surface area contributed by atoms with Crippen molar-refractivity contribution in [1.29, 1.82) is 0 Å². The number of rotatable bonds is 2. The van der Waals surface area contributed by atoms with Gasteiger partial charge in [0.05, 0.1) is 0 Å². The van der Waals surface area contributed by atoms with E-state index in [2.05, 4.69) is 19.1 Å². The van der Waals surface area contributed by atoms with E-state index in [9.17, 15) is 5.11 Å². The fourth-order valence-corrected chi connectivity index (χ4v) is 3.88. The van der Waals surface area contributed by atoms with Gasteiger partial charge in [-0.05, 0) is 85.8 Å². The normalized spacial score (nSPS) is 20.8. The van der Waals surface area contributed by atoms with Gasteiger partial charge in [0.2, 0.25) is 0 Å². The van der Waals surface area contributed by atoms with Crippen LogP contribution in [0, 0.1) is 6.92 Å². The van der Waals surface area contributed by atoms with Gasteiger partial charge in [0, 0.05) is 0 Å². The first-order valence-corrected chi connectivity index (χ1v) is 8.28. The van der Waals surface area contributed by atoms with Gasteiger partial charge in [0.25, 0.3) is 0 Å². The van der Waals surface area contributed by atoms with E-state index in [0.717, 1.165) is 0 Å². The summed E-state index contributed by atoms with van der Waals surface area (Å²) >= 11 is 0. The van der Waals surface area contributed by atoms with Crippen molar-refractivity contribution >= 4 is 5.57 Å². The maximum atomic E-state index is 10.3. The number of aromatic hydroxyl groups is 1. The Morgan fingerprint density at radius 2 is 1.80 bits per heavy atom. The molecule has 2 aliphatic rings. The maximum absolute atomic E-state index is 10.3. The fraction of sp³-hybridized carbons (Fsp3) is 0.579. The molecule has 1 fully saturated rings. The molecule has 0 aromatic heterocycles. The molecule has 3 rings (SSSR count). The predicted octanol–water partition coefficient (Wildman–Crippen LogP) is 5.71. The number of allylic oxidation sites excluding steroid dienone is 2. The SMILES string of the molecule is Cc1cc(O)c(C2CCCCC2)cc1C1=CCCCC1. The minimum atomic E-state index is 0.523. The molecule has 1 aromatic rings. The third kappa shape index (κ3) is 2.77. The molecule has 1 heteroatoms. The van der Waals surface area contributed by atoms with Gasteiger partial charge in [0.1, 0.15) is 5.75 Å². The Kier molecular flexibility index (Phi) is 4.14. The number of phenolic OH excluding ortho intramolecular Hbond substituents is 1. The first kappa shape index (κ1) is 13.7. The van der Waals surface area contributed by atoms with E-state index in [1.807, 2.05) is 6.07 Å². The smallest absolute Gasteiger partial charge is 0.119 e. The standard InChI is InChI=1S/C19H26O/c1-14-12-19(20)18(16-10-6-3-7-11-16)13-17(14)15-8-4-2-5-9-15/h8,12-13,16,20H,2-7,9-11H2,1H3.